The van der Waals surface area contributed by atoms with Crippen LogP contribution >= 0.6 is 0 Å². The predicted octanol–water partition coefficient (Wildman–Crippen LogP) is 9.20. The van der Waals surface area contributed by atoms with Gasteiger partial charge in [0.25, 0.3) is 5.91 Å². The summed E-state index contributed by atoms with van der Waals surface area (Å²) in [5.41, 5.74) is 11.5. The van der Waals surface area contributed by atoms with Gasteiger partial charge >= 0.3 is 0 Å². The maximum atomic E-state index is 13.4. The van der Waals surface area contributed by atoms with Gasteiger partial charge in [0, 0.05) is 49.4 Å². The Kier molecular flexibility index (Phi) is 15.9. The number of benzene rings is 3. The number of likely N-dealkylation sites (tertiary alicyclic amines) is 1. The molecule has 17 nitrogen and oxygen atoms in total. The number of pyridine rings is 1. The number of nitrogens with zero attached hydrogens (tertiary/aromatic N) is 10. The number of hydrogen-bond donors (Lipinski definition) is 2. The summed E-state index contributed by atoms with van der Waals surface area (Å²) in [6, 6.07) is 29.4. The SMILES string of the molecule is C[C@@H]1COCCN1c1nc(N2CCOC[C@H]2C)c2ccc(-c3cccc(C(=O)NCCCCCCCC/C=C/C(=O)N4CCC[C@@H](n5nc(-c6ccc(Oc7ccccc7)cc6)c6c(N)ncnc65)C4)c3)nc2n1. The van der Waals surface area contributed by atoms with Crippen molar-refractivity contribution >= 4 is 51.5 Å². The second kappa shape index (κ2) is 23.6. The summed E-state index contributed by atoms with van der Waals surface area (Å²) < 4.78 is 19.4. The second-order valence-corrected chi connectivity index (χ2v) is 19.6. The fourth-order valence-electron chi connectivity index (χ4n) is 10.2. The Labute approximate surface area is 432 Å². The van der Waals surface area contributed by atoms with Crippen LogP contribution in [-0.2, 0) is 14.3 Å². The number of rotatable bonds is 18. The molecule has 17 heteroatoms. The van der Waals surface area contributed by atoms with Crippen LogP contribution in [0, 0.1) is 0 Å². The Balaban J connectivity index is 0.661. The van der Waals surface area contributed by atoms with Crippen molar-refractivity contribution in [2.45, 2.75) is 89.8 Å². The number of nitrogens with two attached hydrogens (primary N) is 1. The standard InChI is InChI=1S/C57H66N12O5/c1-39-36-72-32-30-67(39)54-47-26-27-48(62-53(47)63-57(64-54)68-31-33-73-37-40(68)2)42-16-14-17-43(34-42)56(71)59-28-13-8-6-4-3-5-7-12-21-49(70)66-29-15-18-44(35-66)69-55-50(52(58)60-38-61-55)51(65-69)41-22-24-46(25-23-41)74-45-19-10-9-11-20-45/h9-12,14,16-17,19-27,34,38-40,44H,3-8,13,15,18,28-33,35-37H2,1-2H3,(H,59,71)(H2,58,60,61)/b21-12+/t39-,40-,44-/m1/s1. The molecule has 0 bridgehead atoms. The lowest BCUT2D eigenvalue weighted by Crippen LogP contribution is -2.46. The van der Waals surface area contributed by atoms with E-state index in [0.717, 1.165) is 98.1 Å². The average Bonchev–Trinajstić information content (AvgIpc) is 3.84. The molecule has 384 valence electrons. The second-order valence-electron chi connectivity index (χ2n) is 19.6. The number of aromatic nitrogens is 7. The molecule has 3 aliphatic rings. The van der Waals surface area contributed by atoms with Crippen LogP contribution in [0.15, 0.2) is 109 Å². The number of morpholine rings is 2. The summed E-state index contributed by atoms with van der Waals surface area (Å²) in [5.74, 6) is 3.28. The van der Waals surface area contributed by atoms with E-state index in [9.17, 15) is 9.59 Å². The minimum absolute atomic E-state index is 0.0181. The molecule has 3 aromatic carbocycles. The summed E-state index contributed by atoms with van der Waals surface area (Å²) in [6.07, 6.45) is 14.0. The number of carbonyl (C=O) groups excluding carboxylic acids is 2. The van der Waals surface area contributed by atoms with Crippen LogP contribution in [0.3, 0.4) is 0 Å². The van der Waals surface area contributed by atoms with Gasteiger partial charge in [0.1, 0.15) is 35.2 Å². The molecule has 0 unspecified atom stereocenters. The molecule has 3 aliphatic heterocycles. The van der Waals surface area contributed by atoms with E-state index in [0.29, 0.717) is 98.1 Å². The third kappa shape index (κ3) is 11.6. The Bertz CT molecular complexity index is 3080. The van der Waals surface area contributed by atoms with Crippen LogP contribution in [0.1, 0.15) is 88.0 Å². The zero-order valence-electron chi connectivity index (χ0n) is 42.4. The van der Waals surface area contributed by atoms with Crippen LogP contribution < -0.4 is 25.6 Å². The molecule has 0 aliphatic carbocycles. The van der Waals surface area contributed by atoms with Gasteiger partial charge in [-0.3, -0.25) is 9.59 Å². The molecule has 74 heavy (non-hydrogen) atoms. The van der Waals surface area contributed by atoms with Crippen LogP contribution in [0.2, 0.25) is 0 Å². The molecule has 7 aromatic rings. The Morgan fingerprint density at radius 2 is 1.54 bits per heavy atom. The highest BCUT2D eigenvalue weighted by atomic mass is 16.5. The van der Waals surface area contributed by atoms with Crippen molar-refractivity contribution in [3.05, 3.63) is 115 Å². The molecule has 3 fully saturated rings. The topological polar surface area (TPSA) is 192 Å². The number of piperidine rings is 1. The Morgan fingerprint density at radius 3 is 2.34 bits per heavy atom. The van der Waals surface area contributed by atoms with Gasteiger partial charge in [-0.2, -0.15) is 15.1 Å². The minimum atomic E-state index is -0.0971. The van der Waals surface area contributed by atoms with Crippen LogP contribution in [-0.4, -0.2) is 123 Å². The maximum absolute atomic E-state index is 13.4. The predicted molar refractivity (Wildman–Crippen MR) is 288 cm³/mol. The number of ether oxygens (including phenoxy) is 3. The van der Waals surface area contributed by atoms with Crippen molar-refractivity contribution in [3.8, 4) is 34.0 Å². The van der Waals surface area contributed by atoms with Crippen LogP contribution in [0.25, 0.3) is 44.6 Å². The first-order valence-corrected chi connectivity index (χ1v) is 26.3. The normalized spacial score (nSPS) is 18.4. The number of fused-ring (bicyclic) bond motifs is 2. The van der Waals surface area contributed by atoms with E-state index in [1.54, 1.807) is 6.08 Å². The van der Waals surface area contributed by atoms with Gasteiger partial charge in [-0.25, -0.2) is 19.6 Å². The summed E-state index contributed by atoms with van der Waals surface area (Å²) in [6.45, 7) is 10.1. The first-order valence-electron chi connectivity index (χ1n) is 26.3. The van der Waals surface area contributed by atoms with Crippen molar-refractivity contribution in [1.29, 1.82) is 0 Å². The molecular formula is C57H66N12O5. The van der Waals surface area contributed by atoms with Gasteiger partial charge < -0.3 is 40.0 Å². The van der Waals surface area contributed by atoms with E-state index in [2.05, 4.69) is 45.0 Å². The monoisotopic (exact) mass is 999 g/mol. The highest BCUT2D eigenvalue weighted by Crippen LogP contribution is 2.36. The van der Waals surface area contributed by atoms with Gasteiger partial charge in [0.05, 0.1) is 61.0 Å². The van der Waals surface area contributed by atoms with Crippen molar-refractivity contribution < 1.29 is 23.8 Å². The number of nitrogens with one attached hydrogen (secondary N) is 1. The van der Waals surface area contributed by atoms with E-state index < -0.39 is 0 Å². The molecule has 4 aromatic heterocycles. The summed E-state index contributed by atoms with van der Waals surface area (Å²) >= 11 is 0. The minimum Gasteiger partial charge on any atom is -0.457 e. The molecule has 7 heterocycles. The maximum Gasteiger partial charge on any atom is 0.251 e. The van der Waals surface area contributed by atoms with E-state index in [4.69, 9.17) is 40.0 Å². The van der Waals surface area contributed by atoms with E-state index >= 15 is 0 Å². The number of anilines is 3. The highest BCUT2D eigenvalue weighted by molar-refractivity contribution is 5.98. The summed E-state index contributed by atoms with van der Waals surface area (Å²) in [7, 11) is 0. The van der Waals surface area contributed by atoms with Crippen molar-refractivity contribution in [1.82, 2.24) is 44.9 Å². The Morgan fingerprint density at radius 1 is 0.784 bits per heavy atom. The molecule has 3 atom stereocenters. The molecule has 0 saturated carbocycles. The van der Waals surface area contributed by atoms with Crippen molar-refractivity contribution in [2.24, 2.45) is 0 Å². The van der Waals surface area contributed by atoms with Gasteiger partial charge in [-0.05, 0) is 113 Å². The Hall–Kier alpha value is -7.50. The summed E-state index contributed by atoms with van der Waals surface area (Å²) in [5, 5.41) is 9.77. The number of nitrogen functional groups attached to an aromatic ring is 1. The van der Waals surface area contributed by atoms with Crippen LogP contribution in [0.5, 0.6) is 11.5 Å². The lowest BCUT2D eigenvalue weighted by atomic mass is 10.1. The molecule has 3 N–H and O–H groups in total. The number of carbonyl (C=O) groups is 2. The molecule has 0 spiro atoms. The molecular weight excluding hydrogens is 933 g/mol. The number of unbranched alkanes of at least 4 members (excludes halogenated alkanes) is 6. The fraction of sp³-hybridized carbons (Fsp3) is 0.404. The smallest absolute Gasteiger partial charge is 0.251 e. The van der Waals surface area contributed by atoms with E-state index in [1.807, 2.05) is 101 Å². The lowest BCUT2D eigenvalue weighted by Gasteiger charge is -2.37. The first kappa shape index (κ1) is 50.1. The molecule has 10 rings (SSSR count). The third-order valence-corrected chi connectivity index (χ3v) is 14.2. The van der Waals surface area contributed by atoms with Crippen LogP contribution in [0.4, 0.5) is 17.6 Å². The van der Waals surface area contributed by atoms with Crippen molar-refractivity contribution in [3.63, 3.8) is 0 Å². The van der Waals surface area contributed by atoms with E-state index in [-0.39, 0.29) is 29.9 Å². The quantitative estimate of drug-likeness (QED) is 0.0611. The highest BCUT2D eigenvalue weighted by Gasteiger charge is 2.30. The van der Waals surface area contributed by atoms with Gasteiger partial charge in [-0.15, -0.1) is 0 Å². The zero-order valence-corrected chi connectivity index (χ0v) is 42.4. The average molecular weight is 999 g/mol. The molecule has 0 radical (unpaired) electrons. The molecule has 2 amide bonds. The molecule has 3 saturated heterocycles. The largest absolute Gasteiger partial charge is 0.457 e. The lowest BCUT2D eigenvalue weighted by molar-refractivity contribution is -0.127. The number of allylic oxidation sites excluding steroid dienone is 1. The summed E-state index contributed by atoms with van der Waals surface area (Å²) in [4.78, 5) is 57.3. The number of amides is 2. The van der Waals surface area contributed by atoms with Crippen molar-refractivity contribution in [2.75, 3.05) is 74.7 Å². The zero-order chi connectivity index (χ0) is 50.8. The first-order chi connectivity index (χ1) is 36.3. The number of para-hydroxylation sites is 1. The third-order valence-electron chi connectivity index (χ3n) is 14.2. The van der Waals surface area contributed by atoms with Gasteiger partial charge in [-0.1, -0.05) is 62.1 Å². The fourth-order valence-corrected chi connectivity index (χ4v) is 10.2. The van der Waals surface area contributed by atoms with E-state index in [1.165, 1.54) is 6.33 Å². The van der Waals surface area contributed by atoms with Gasteiger partial charge in [0.15, 0.2) is 11.3 Å². The number of hydrogen-bond acceptors (Lipinski definition) is 14. The van der Waals surface area contributed by atoms with Gasteiger partial charge in [0.2, 0.25) is 11.9 Å².